The molecule has 0 radical (unpaired) electrons. The van der Waals surface area contributed by atoms with Gasteiger partial charge in [-0.05, 0) is 37.1 Å². The molecule has 0 saturated carbocycles. The van der Waals surface area contributed by atoms with Crippen LogP contribution in [-0.4, -0.2) is 24.5 Å². The fourth-order valence-corrected chi connectivity index (χ4v) is 3.47. The molecule has 2 aromatic carbocycles. The molecule has 1 amide bonds. The highest BCUT2D eigenvalue weighted by Crippen LogP contribution is 2.32. The van der Waals surface area contributed by atoms with Crippen LogP contribution in [0.15, 0.2) is 36.4 Å². The summed E-state index contributed by atoms with van der Waals surface area (Å²) in [5, 5.41) is 0.424. The number of nitrogens with zero attached hydrogens (tertiary/aromatic N) is 1. The van der Waals surface area contributed by atoms with Gasteiger partial charge in [-0.2, -0.15) is 0 Å². The van der Waals surface area contributed by atoms with Crippen LogP contribution in [0.1, 0.15) is 22.8 Å². The van der Waals surface area contributed by atoms with Gasteiger partial charge in [0.1, 0.15) is 0 Å². The van der Waals surface area contributed by atoms with E-state index in [-0.39, 0.29) is 39.9 Å². The average molecular weight is 379 g/mol. The van der Waals surface area contributed by atoms with Crippen LogP contribution >= 0.6 is 23.2 Å². The number of esters is 1. The second-order valence-electron chi connectivity index (χ2n) is 5.87. The van der Waals surface area contributed by atoms with E-state index in [1.807, 2.05) is 31.2 Å². The first-order valence-corrected chi connectivity index (χ1v) is 8.45. The van der Waals surface area contributed by atoms with Crippen molar-refractivity contribution in [3.63, 3.8) is 0 Å². The first-order chi connectivity index (χ1) is 11.9. The Bertz CT molecular complexity index is 854. The number of benzene rings is 2. The number of rotatable bonds is 3. The highest BCUT2D eigenvalue weighted by Gasteiger charge is 2.31. The lowest BCUT2D eigenvalue weighted by molar-refractivity contribution is -0.122. The van der Waals surface area contributed by atoms with Gasteiger partial charge in [0.2, 0.25) is 0 Å². The number of halogens is 2. The number of hydrogen-bond donors (Lipinski definition) is 1. The van der Waals surface area contributed by atoms with Crippen LogP contribution in [0.3, 0.4) is 0 Å². The molecule has 0 saturated heterocycles. The molecule has 130 valence electrons. The Morgan fingerprint density at radius 2 is 2.00 bits per heavy atom. The summed E-state index contributed by atoms with van der Waals surface area (Å²) in [6.45, 7) is 1.57. The van der Waals surface area contributed by atoms with Gasteiger partial charge >= 0.3 is 5.97 Å². The zero-order valence-corrected chi connectivity index (χ0v) is 15.0. The molecule has 0 fully saturated rings. The molecule has 0 aliphatic carbocycles. The maximum atomic E-state index is 12.5. The fourth-order valence-electron chi connectivity index (χ4n) is 2.97. The van der Waals surface area contributed by atoms with Crippen LogP contribution in [-0.2, 0) is 16.0 Å². The minimum absolute atomic E-state index is 0.00860. The van der Waals surface area contributed by atoms with E-state index in [2.05, 4.69) is 0 Å². The van der Waals surface area contributed by atoms with Crippen molar-refractivity contribution in [3.8, 4) is 0 Å². The maximum absolute atomic E-state index is 12.5. The molecule has 3 rings (SSSR count). The van der Waals surface area contributed by atoms with Gasteiger partial charge in [-0.3, -0.25) is 4.79 Å². The molecule has 1 aliphatic heterocycles. The van der Waals surface area contributed by atoms with Crippen molar-refractivity contribution in [2.45, 2.75) is 19.4 Å². The van der Waals surface area contributed by atoms with Crippen LogP contribution in [0, 0.1) is 0 Å². The summed E-state index contributed by atoms with van der Waals surface area (Å²) < 4.78 is 5.13. The van der Waals surface area contributed by atoms with Crippen LogP contribution in [0.4, 0.5) is 11.4 Å². The number of nitrogens with two attached hydrogens (primary N) is 1. The SMILES string of the molecule is C[C@@H]1Cc2ccccc2N1C(=O)COC(=O)c1cc(Cl)cc(Cl)c1N. The summed E-state index contributed by atoms with van der Waals surface area (Å²) in [4.78, 5) is 26.4. The van der Waals surface area contributed by atoms with Gasteiger partial charge in [-0.25, -0.2) is 4.79 Å². The number of fused-ring (bicyclic) bond motifs is 1. The topological polar surface area (TPSA) is 72.6 Å². The van der Waals surface area contributed by atoms with E-state index in [0.29, 0.717) is 0 Å². The first kappa shape index (κ1) is 17.6. The van der Waals surface area contributed by atoms with E-state index in [4.69, 9.17) is 33.7 Å². The number of ether oxygens (including phenoxy) is 1. The number of amides is 1. The van der Waals surface area contributed by atoms with Crippen molar-refractivity contribution in [1.82, 2.24) is 0 Å². The third kappa shape index (κ3) is 3.43. The Kier molecular flexibility index (Phi) is 4.88. The van der Waals surface area contributed by atoms with Gasteiger partial charge in [-0.1, -0.05) is 41.4 Å². The Morgan fingerprint density at radius 1 is 1.28 bits per heavy atom. The van der Waals surface area contributed by atoms with Crippen LogP contribution in [0.2, 0.25) is 10.0 Å². The van der Waals surface area contributed by atoms with E-state index in [0.717, 1.165) is 17.7 Å². The molecule has 1 atom stereocenters. The van der Waals surface area contributed by atoms with Gasteiger partial charge in [0, 0.05) is 16.8 Å². The second kappa shape index (κ2) is 6.94. The molecule has 0 unspecified atom stereocenters. The summed E-state index contributed by atoms with van der Waals surface area (Å²) in [7, 11) is 0. The normalized spacial score (nSPS) is 15.8. The molecule has 0 spiro atoms. The molecule has 1 aliphatic rings. The monoisotopic (exact) mass is 378 g/mol. The summed E-state index contributed by atoms with van der Waals surface area (Å²) >= 11 is 11.8. The van der Waals surface area contributed by atoms with Crippen LogP contribution in [0.25, 0.3) is 0 Å². The van der Waals surface area contributed by atoms with Crippen molar-refractivity contribution in [2.75, 3.05) is 17.2 Å². The van der Waals surface area contributed by atoms with Crippen molar-refractivity contribution in [1.29, 1.82) is 0 Å². The number of anilines is 2. The summed E-state index contributed by atoms with van der Waals surface area (Å²) in [6, 6.07) is 10.5. The maximum Gasteiger partial charge on any atom is 0.340 e. The second-order valence-corrected chi connectivity index (χ2v) is 6.71. The predicted molar refractivity (Wildman–Crippen MR) is 98.3 cm³/mol. The molecular formula is C18H16Cl2N2O3. The average Bonchev–Trinajstić information content (AvgIpc) is 2.91. The lowest BCUT2D eigenvalue weighted by atomic mass is 10.1. The van der Waals surface area contributed by atoms with E-state index >= 15 is 0 Å². The Labute approximate surface area is 155 Å². The lowest BCUT2D eigenvalue weighted by Crippen LogP contribution is -2.38. The zero-order chi connectivity index (χ0) is 18.1. The molecule has 25 heavy (non-hydrogen) atoms. The largest absolute Gasteiger partial charge is 0.452 e. The number of carbonyl (C=O) groups is 2. The Hall–Kier alpha value is -2.24. The molecule has 0 bridgehead atoms. The van der Waals surface area contributed by atoms with E-state index in [1.54, 1.807) is 4.90 Å². The summed E-state index contributed by atoms with van der Waals surface area (Å²) in [5.74, 6) is -1.03. The number of para-hydroxylation sites is 1. The zero-order valence-electron chi connectivity index (χ0n) is 13.5. The molecule has 2 aromatic rings. The van der Waals surface area contributed by atoms with Crippen LogP contribution < -0.4 is 10.6 Å². The molecule has 1 heterocycles. The van der Waals surface area contributed by atoms with Gasteiger partial charge in [0.05, 0.1) is 16.3 Å². The first-order valence-electron chi connectivity index (χ1n) is 7.70. The number of nitrogen functional groups attached to an aromatic ring is 1. The van der Waals surface area contributed by atoms with E-state index in [9.17, 15) is 9.59 Å². The third-order valence-electron chi connectivity index (χ3n) is 4.12. The Balaban J connectivity index is 1.72. The van der Waals surface area contributed by atoms with Crippen molar-refractivity contribution in [3.05, 3.63) is 57.6 Å². The van der Waals surface area contributed by atoms with Gasteiger partial charge in [0.25, 0.3) is 5.91 Å². The van der Waals surface area contributed by atoms with Crippen molar-refractivity contribution < 1.29 is 14.3 Å². The fraction of sp³-hybridized carbons (Fsp3) is 0.222. The van der Waals surface area contributed by atoms with Crippen molar-refractivity contribution >= 4 is 46.5 Å². The van der Waals surface area contributed by atoms with E-state index < -0.39 is 5.97 Å². The highest BCUT2D eigenvalue weighted by atomic mass is 35.5. The molecular weight excluding hydrogens is 363 g/mol. The van der Waals surface area contributed by atoms with Gasteiger partial charge < -0.3 is 15.4 Å². The molecule has 2 N–H and O–H groups in total. The van der Waals surface area contributed by atoms with Crippen molar-refractivity contribution in [2.24, 2.45) is 0 Å². The molecule has 7 heteroatoms. The minimum atomic E-state index is -0.740. The highest BCUT2D eigenvalue weighted by molar-refractivity contribution is 6.37. The number of carbonyl (C=O) groups excluding carboxylic acids is 2. The summed E-state index contributed by atoms with van der Waals surface area (Å²) in [6.07, 6.45) is 0.771. The van der Waals surface area contributed by atoms with E-state index in [1.165, 1.54) is 12.1 Å². The summed E-state index contributed by atoms with van der Waals surface area (Å²) in [5.41, 5.74) is 7.84. The molecule has 5 nitrogen and oxygen atoms in total. The van der Waals surface area contributed by atoms with Crippen LogP contribution in [0.5, 0.6) is 0 Å². The standard InChI is InChI=1S/C18H16Cl2N2O3/c1-10-6-11-4-2-3-5-15(11)22(10)16(23)9-25-18(24)13-7-12(19)8-14(20)17(13)21/h2-5,7-8,10H,6,9,21H2,1H3/t10-/m1/s1. The van der Waals surface area contributed by atoms with Gasteiger partial charge in [0.15, 0.2) is 6.61 Å². The predicted octanol–water partition coefficient (Wildman–Crippen LogP) is 3.71. The third-order valence-corrected chi connectivity index (χ3v) is 4.65. The quantitative estimate of drug-likeness (QED) is 0.652. The van der Waals surface area contributed by atoms with Gasteiger partial charge in [-0.15, -0.1) is 0 Å². The Morgan fingerprint density at radius 3 is 2.76 bits per heavy atom. The smallest absolute Gasteiger partial charge is 0.340 e. The lowest BCUT2D eigenvalue weighted by Gasteiger charge is -2.22. The molecule has 0 aromatic heterocycles. The minimum Gasteiger partial charge on any atom is -0.452 e. The number of hydrogen-bond acceptors (Lipinski definition) is 4.